The van der Waals surface area contributed by atoms with E-state index in [1.54, 1.807) is 24.4 Å². The summed E-state index contributed by atoms with van der Waals surface area (Å²) in [5, 5.41) is 3.60. The van der Waals surface area contributed by atoms with E-state index in [4.69, 9.17) is 4.42 Å². The molecule has 1 amide bonds. The molecule has 19 heavy (non-hydrogen) atoms. The van der Waals surface area contributed by atoms with Crippen molar-refractivity contribution in [2.24, 2.45) is 0 Å². The van der Waals surface area contributed by atoms with Crippen LogP contribution in [0.1, 0.15) is 16.2 Å². The Bertz CT molecular complexity index is 589. The molecule has 0 aromatic carbocycles. The Morgan fingerprint density at radius 1 is 1.47 bits per heavy atom. The standard InChI is InChI=1S/C11H9F3N2O2S/c1-6-2-3-8(18-6)10-16-7(4-19-10)9(17)15-5-11(12,13)14/h2-4H,5H2,1H3,(H,15,17). The van der Waals surface area contributed by atoms with Crippen LogP contribution in [0.2, 0.25) is 0 Å². The Balaban J connectivity index is 2.07. The topological polar surface area (TPSA) is 55.1 Å². The molecule has 0 unspecified atom stereocenters. The van der Waals surface area contributed by atoms with Crippen LogP contribution in [0.5, 0.6) is 0 Å². The van der Waals surface area contributed by atoms with Gasteiger partial charge in [-0.3, -0.25) is 4.79 Å². The number of halogens is 3. The Morgan fingerprint density at radius 3 is 2.79 bits per heavy atom. The Labute approximate surface area is 110 Å². The molecule has 0 aliphatic rings. The van der Waals surface area contributed by atoms with Gasteiger partial charge in [0.15, 0.2) is 10.8 Å². The minimum atomic E-state index is -4.44. The highest BCUT2D eigenvalue weighted by Gasteiger charge is 2.28. The zero-order chi connectivity index (χ0) is 14.0. The number of aromatic nitrogens is 1. The molecule has 0 saturated heterocycles. The SMILES string of the molecule is Cc1ccc(-c2nc(C(=O)NCC(F)(F)F)cs2)o1. The van der Waals surface area contributed by atoms with Crippen LogP contribution in [0.4, 0.5) is 13.2 Å². The monoisotopic (exact) mass is 290 g/mol. The summed E-state index contributed by atoms with van der Waals surface area (Å²) in [5.41, 5.74) is -0.0571. The molecular weight excluding hydrogens is 281 g/mol. The molecule has 0 fully saturated rings. The van der Waals surface area contributed by atoms with E-state index in [0.717, 1.165) is 11.3 Å². The maximum Gasteiger partial charge on any atom is 0.405 e. The van der Waals surface area contributed by atoms with Gasteiger partial charge in [-0.1, -0.05) is 0 Å². The van der Waals surface area contributed by atoms with Gasteiger partial charge in [0.05, 0.1) is 0 Å². The number of furan rings is 1. The number of carbonyl (C=O) groups is 1. The van der Waals surface area contributed by atoms with Gasteiger partial charge in [0.2, 0.25) is 0 Å². The second-order valence-corrected chi connectivity index (χ2v) is 4.60. The highest BCUT2D eigenvalue weighted by molar-refractivity contribution is 7.13. The molecule has 0 saturated carbocycles. The lowest BCUT2D eigenvalue weighted by molar-refractivity contribution is -0.123. The van der Waals surface area contributed by atoms with Crippen molar-refractivity contribution < 1.29 is 22.4 Å². The van der Waals surface area contributed by atoms with Crippen molar-refractivity contribution in [2.75, 3.05) is 6.54 Å². The molecule has 4 nitrogen and oxygen atoms in total. The predicted molar refractivity (Wildman–Crippen MR) is 62.9 cm³/mol. The number of aryl methyl sites for hydroxylation is 1. The first-order chi connectivity index (χ1) is 8.85. The molecule has 0 bridgehead atoms. The minimum Gasteiger partial charge on any atom is -0.459 e. The van der Waals surface area contributed by atoms with Gasteiger partial charge in [-0.25, -0.2) is 4.98 Å². The highest BCUT2D eigenvalue weighted by atomic mass is 32.1. The van der Waals surface area contributed by atoms with Crippen LogP contribution in [0.25, 0.3) is 10.8 Å². The number of nitrogens with one attached hydrogen (secondary N) is 1. The number of alkyl halides is 3. The van der Waals surface area contributed by atoms with E-state index in [0.29, 0.717) is 16.5 Å². The average Bonchev–Trinajstić information content (AvgIpc) is 2.93. The summed E-state index contributed by atoms with van der Waals surface area (Å²) in [5.74, 6) is 0.314. The van der Waals surface area contributed by atoms with Gasteiger partial charge in [0.25, 0.3) is 5.91 Å². The summed E-state index contributed by atoms with van der Waals surface area (Å²) in [7, 11) is 0. The van der Waals surface area contributed by atoms with Gasteiger partial charge in [-0.2, -0.15) is 13.2 Å². The number of carbonyl (C=O) groups excluding carboxylic acids is 1. The van der Waals surface area contributed by atoms with Gasteiger partial charge >= 0.3 is 6.18 Å². The van der Waals surface area contributed by atoms with Crippen molar-refractivity contribution >= 4 is 17.2 Å². The molecule has 0 radical (unpaired) electrons. The number of thiazole rings is 1. The third-order valence-electron chi connectivity index (χ3n) is 2.14. The van der Waals surface area contributed by atoms with Crippen LogP contribution in [-0.4, -0.2) is 23.6 Å². The molecule has 0 spiro atoms. The predicted octanol–water partition coefficient (Wildman–Crippen LogP) is 3.00. The van der Waals surface area contributed by atoms with Crippen molar-refractivity contribution in [3.63, 3.8) is 0 Å². The summed E-state index contributed by atoms with van der Waals surface area (Å²) < 4.78 is 41.2. The van der Waals surface area contributed by atoms with E-state index < -0.39 is 18.6 Å². The summed E-state index contributed by atoms with van der Waals surface area (Å²) >= 11 is 1.13. The van der Waals surface area contributed by atoms with Crippen molar-refractivity contribution in [2.45, 2.75) is 13.1 Å². The van der Waals surface area contributed by atoms with E-state index in [1.807, 2.05) is 0 Å². The van der Waals surface area contributed by atoms with E-state index in [2.05, 4.69) is 4.98 Å². The quantitative estimate of drug-likeness (QED) is 0.945. The van der Waals surface area contributed by atoms with E-state index in [-0.39, 0.29) is 5.69 Å². The fraction of sp³-hybridized carbons (Fsp3) is 0.273. The van der Waals surface area contributed by atoms with Crippen molar-refractivity contribution in [3.05, 3.63) is 29.0 Å². The lowest BCUT2D eigenvalue weighted by Crippen LogP contribution is -2.33. The van der Waals surface area contributed by atoms with Crippen molar-refractivity contribution in [1.82, 2.24) is 10.3 Å². The molecule has 2 aromatic rings. The fourth-order valence-corrected chi connectivity index (χ4v) is 2.07. The third kappa shape index (κ3) is 3.57. The smallest absolute Gasteiger partial charge is 0.405 e. The molecule has 1 N–H and O–H groups in total. The number of hydrogen-bond acceptors (Lipinski definition) is 4. The van der Waals surface area contributed by atoms with Crippen LogP contribution in [-0.2, 0) is 0 Å². The largest absolute Gasteiger partial charge is 0.459 e. The normalized spacial score (nSPS) is 11.6. The zero-order valence-electron chi connectivity index (χ0n) is 9.75. The van der Waals surface area contributed by atoms with Crippen LogP contribution in [0.15, 0.2) is 21.9 Å². The van der Waals surface area contributed by atoms with E-state index in [1.165, 1.54) is 5.38 Å². The third-order valence-corrected chi connectivity index (χ3v) is 2.99. The van der Waals surface area contributed by atoms with E-state index >= 15 is 0 Å². The number of hydrogen-bond donors (Lipinski definition) is 1. The Kier molecular flexibility index (Phi) is 3.61. The van der Waals surface area contributed by atoms with Crippen molar-refractivity contribution in [1.29, 1.82) is 0 Å². The summed E-state index contributed by atoms with van der Waals surface area (Å²) in [6.07, 6.45) is -4.44. The number of amides is 1. The molecule has 2 rings (SSSR count). The maximum atomic E-state index is 12.0. The van der Waals surface area contributed by atoms with Gasteiger partial charge in [0, 0.05) is 5.38 Å². The molecule has 0 aliphatic heterocycles. The highest BCUT2D eigenvalue weighted by Crippen LogP contribution is 2.25. The number of nitrogens with zero attached hydrogens (tertiary/aromatic N) is 1. The van der Waals surface area contributed by atoms with Gasteiger partial charge in [-0.05, 0) is 19.1 Å². The molecule has 2 heterocycles. The van der Waals surface area contributed by atoms with E-state index in [9.17, 15) is 18.0 Å². The second-order valence-electron chi connectivity index (χ2n) is 3.75. The zero-order valence-corrected chi connectivity index (χ0v) is 10.6. The van der Waals surface area contributed by atoms with Gasteiger partial charge in [0.1, 0.15) is 18.0 Å². The number of rotatable bonds is 3. The summed E-state index contributed by atoms with van der Waals surface area (Å²) in [4.78, 5) is 15.4. The van der Waals surface area contributed by atoms with Crippen LogP contribution < -0.4 is 5.32 Å². The maximum absolute atomic E-state index is 12.0. The van der Waals surface area contributed by atoms with Gasteiger partial charge < -0.3 is 9.73 Å². The molecule has 8 heteroatoms. The van der Waals surface area contributed by atoms with Crippen molar-refractivity contribution in [3.8, 4) is 10.8 Å². The first-order valence-corrected chi connectivity index (χ1v) is 6.10. The summed E-state index contributed by atoms with van der Waals surface area (Å²) in [6, 6.07) is 3.42. The summed E-state index contributed by atoms with van der Waals surface area (Å²) in [6.45, 7) is 0.382. The molecule has 0 atom stereocenters. The fourth-order valence-electron chi connectivity index (χ4n) is 1.31. The molecule has 102 valence electrons. The Morgan fingerprint density at radius 2 is 2.21 bits per heavy atom. The second kappa shape index (κ2) is 5.04. The van der Waals surface area contributed by atoms with Gasteiger partial charge in [-0.15, -0.1) is 11.3 Å². The average molecular weight is 290 g/mol. The minimum absolute atomic E-state index is 0.0571. The lowest BCUT2D eigenvalue weighted by Gasteiger charge is -2.06. The Hall–Kier alpha value is -1.83. The van der Waals surface area contributed by atoms with Crippen LogP contribution >= 0.6 is 11.3 Å². The first kappa shape index (κ1) is 13.6. The van der Waals surface area contributed by atoms with Crippen LogP contribution in [0, 0.1) is 6.92 Å². The molecule has 2 aromatic heterocycles. The lowest BCUT2D eigenvalue weighted by atomic mass is 10.4. The molecule has 0 aliphatic carbocycles. The first-order valence-electron chi connectivity index (χ1n) is 5.22. The van der Waals surface area contributed by atoms with Crippen LogP contribution in [0.3, 0.4) is 0 Å². The molecular formula is C11H9F3N2O2S.